The normalized spacial score (nSPS) is 23.6. The number of amides is 1. The van der Waals surface area contributed by atoms with Crippen LogP contribution >= 0.6 is 0 Å². The van der Waals surface area contributed by atoms with Crippen LogP contribution in [-0.2, 0) is 7.05 Å². The molecule has 2 heterocycles. The molecule has 6 nitrogen and oxygen atoms in total. The topological polar surface area (TPSA) is 70.4 Å². The number of alkyl halides is 3. The van der Waals surface area contributed by atoms with Crippen molar-refractivity contribution in [2.24, 2.45) is 7.05 Å². The molecular weight excluding hydrogens is 265 g/mol. The molecule has 0 aliphatic carbocycles. The third-order valence-corrected chi connectivity index (χ3v) is 2.69. The number of hydrogen-bond acceptors (Lipinski definition) is 4. The Morgan fingerprint density at radius 2 is 2.26 bits per heavy atom. The maximum absolute atomic E-state index is 12.9. The molecule has 1 amide bonds. The zero-order valence-corrected chi connectivity index (χ0v) is 9.90. The number of hydrazine groups is 1. The van der Waals surface area contributed by atoms with Gasteiger partial charge in [0.05, 0.1) is 0 Å². The maximum Gasteiger partial charge on any atom is 0.438 e. The Bertz CT molecular complexity index is 539. The van der Waals surface area contributed by atoms with Crippen molar-refractivity contribution in [2.75, 3.05) is 0 Å². The Morgan fingerprint density at radius 3 is 2.74 bits per heavy atom. The average Bonchev–Trinajstić information content (AvgIpc) is 2.81. The van der Waals surface area contributed by atoms with Crippen LogP contribution in [0, 0.1) is 0 Å². The van der Waals surface area contributed by atoms with Crippen LogP contribution in [0.1, 0.15) is 16.9 Å². The Labute approximate surface area is 106 Å². The summed E-state index contributed by atoms with van der Waals surface area (Å²) in [5, 5.41) is 13.5. The van der Waals surface area contributed by atoms with Gasteiger partial charge < -0.3 is 5.11 Å². The van der Waals surface area contributed by atoms with Crippen molar-refractivity contribution in [3.8, 4) is 0 Å². The number of carbonyl (C=O) groups excluding carboxylic acids is 1. The van der Waals surface area contributed by atoms with Gasteiger partial charge in [-0.2, -0.15) is 18.3 Å². The van der Waals surface area contributed by atoms with Gasteiger partial charge in [-0.25, -0.2) is 5.01 Å². The summed E-state index contributed by atoms with van der Waals surface area (Å²) in [6, 6.07) is 1.25. The van der Waals surface area contributed by atoms with E-state index in [4.69, 9.17) is 0 Å². The highest BCUT2D eigenvalue weighted by molar-refractivity contribution is 5.92. The van der Waals surface area contributed by atoms with Crippen LogP contribution in [0.15, 0.2) is 24.5 Å². The lowest BCUT2D eigenvalue weighted by molar-refractivity contribution is -0.299. The SMILES string of the molecule is C=C1CC(O)(C(F)(F)F)N(C(=O)c2ccn(C)n2)N1. The van der Waals surface area contributed by atoms with E-state index in [0.717, 1.165) is 0 Å². The number of carbonyl (C=O) groups is 1. The minimum atomic E-state index is -5.01. The highest BCUT2D eigenvalue weighted by Crippen LogP contribution is 2.40. The minimum Gasteiger partial charge on any atom is -0.362 e. The Kier molecular flexibility index (Phi) is 2.81. The number of aryl methyl sites for hydroxylation is 1. The summed E-state index contributed by atoms with van der Waals surface area (Å²) in [4.78, 5) is 12.0. The molecule has 0 bridgehead atoms. The Morgan fingerprint density at radius 1 is 1.63 bits per heavy atom. The largest absolute Gasteiger partial charge is 0.438 e. The predicted molar refractivity (Wildman–Crippen MR) is 57.3 cm³/mol. The van der Waals surface area contributed by atoms with E-state index in [1.807, 2.05) is 0 Å². The second-order valence-corrected chi connectivity index (χ2v) is 4.22. The van der Waals surface area contributed by atoms with Gasteiger partial charge in [0.2, 0.25) is 0 Å². The summed E-state index contributed by atoms with van der Waals surface area (Å²) in [5.74, 6) is -1.08. The smallest absolute Gasteiger partial charge is 0.362 e. The van der Waals surface area contributed by atoms with Gasteiger partial charge in [-0.3, -0.25) is 14.9 Å². The minimum absolute atomic E-state index is 0.107. The molecular formula is C10H11F3N4O2. The summed E-state index contributed by atoms with van der Waals surface area (Å²) < 4.78 is 40.0. The van der Waals surface area contributed by atoms with Crippen molar-refractivity contribution in [2.45, 2.75) is 18.3 Å². The lowest BCUT2D eigenvalue weighted by Gasteiger charge is -2.32. The van der Waals surface area contributed by atoms with E-state index in [1.165, 1.54) is 24.0 Å². The first-order valence-corrected chi connectivity index (χ1v) is 5.23. The van der Waals surface area contributed by atoms with Crippen LogP contribution in [0.5, 0.6) is 0 Å². The van der Waals surface area contributed by atoms with Crippen molar-refractivity contribution < 1.29 is 23.1 Å². The fourth-order valence-electron chi connectivity index (χ4n) is 1.76. The van der Waals surface area contributed by atoms with Crippen LogP contribution in [-0.4, -0.2) is 37.7 Å². The first kappa shape index (κ1) is 13.4. The lowest BCUT2D eigenvalue weighted by Crippen LogP contribution is -2.60. The number of aliphatic hydroxyl groups is 1. The lowest BCUT2D eigenvalue weighted by atomic mass is 10.1. The second kappa shape index (κ2) is 3.98. The number of rotatable bonds is 1. The first-order valence-electron chi connectivity index (χ1n) is 5.23. The molecule has 0 aromatic carbocycles. The molecule has 104 valence electrons. The maximum atomic E-state index is 12.9. The fourth-order valence-corrected chi connectivity index (χ4v) is 1.76. The molecule has 1 aromatic heterocycles. The highest BCUT2D eigenvalue weighted by atomic mass is 19.4. The van der Waals surface area contributed by atoms with Crippen molar-refractivity contribution in [1.29, 1.82) is 0 Å². The molecule has 2 N–H and O–H groups in total. The average molecular weight is 276 g/mol. The van der Waals surface area contributed by atoms with Gasteiger partial charge in [-0.15, -0.1) is 0 Å². The third kappa shape index (κ3) is 2.05. The second-order valence-electron chi connectivity index (χ2n) is 4.22. The van der Waals surface area contributed by atoms with Crippen LogP contribution < -0.4 is 5.43 Å². The number of aromatic nitrogens is 2. The summed E-state index contributed by atoms with van der Waals surface area (Å²) >= 11 is 0. The van der Waals surface area contributed by atoms with Gasteiger partial charge in [-0.05, 0) is 6.07 Å². The van der Waals surface area contributed by atoms with Crippen molar-refractivity contribution in [3.63, 3.8) is 0 Å². The quantitative estimate of drug-likeness (QED) is 0.785. The molecule has 1 atom stereocenters. The van der Waals surface area contributed by atoms with Crippen molar-refractivity contribution >= 4 is 5.91 Å². The number of hydrogen-bond donors (Lipinski definition) is 2. The summed E-state index contributed by atoms with van der Waals surface area (Å²) in [5.41, 5.74) is -1.51. The van der Waals surface area contributed by atoms with E-state index in [-0.39, 0.29) is 16.4 Å². The monoisotopic (exact) mass is 276 g/mol. The van der Waals surface area contributed by atoms with E-state index < -0.39 is 24.2 Å². The standard InChI is InChI=1S/C10H11F3N4O2/c1-6-5-9(19,10(11,12)13)17(14-6)8(18)7-3-4-16(2)15-7/h3-4,14,19H,1,5H2,2H3. The molecule has 1 unspecified atom stereocenters. The van der Waals surface area contributed by atoms with Crippen LogP contribution in [0.4, 0.5) is 13.2 Å². The summed E-state index contributed by atoms with van der Waals surface area (Å²) in [6.07, 6.45) is -4.43. The van der Waals surface area contributed by atoms with Gasteiger partial charge in [-0.1, -0.05) is 6.58 Å². The van der Waals surface area contributed by atoms with Gasteiger partial charge in [0.1, 0.15) is 0 Å². The van der Waals surface area contributed by atoms with Crippen molar-refractivity contribution in [1.82, 2.24) is 20.2 Å². The number of halogens is 3. The van der Waals surface area contributed by atoms with E-state index in [2.05, 4.69) is 17.1 Å². The first-order chi connectivity index (χ1) is 8.65. The van der Waals surface area contributed by atoms with Crippen LogP contribution in [0.3, 0.4) is 0 Å². The molecule has 1 saturated heterocycles. The molecule has 9 heteroatoms. The van der Waals surface area contributed by atoms with Gasteiger partial charge in [0.15, 0.2) is 5.69 Å². The third-order valence-electron chi connectivity index (χ3n) is 2.69. The molecule has 0 saturated carbocycles. The highest BCUT2D eigenvalue weighted by Gasteiger charge is 2.63. The molecule has 19 heavy (non-hydrogen) atoms. The number of nitrogens with one attached hydrogen (secondary N) is 1. The summed E-state index contributed by atoms with van der Waals surface area (Å²) in [7, 11) is 1.52. The van der Waals surface area contributed by atoms with Crippen LogP contribution in [0.25, 0.3) is 0 Å². The molecule has 1 aromatic rings. The summed E-state index contributed by atoms with van der Waals surface area (Å²) in [6.45, 7) is 3.30. The van der Waals surface area contributed by atoms with Gasteiger partial charge in [0.25, 0.3) is 11.6 Å². The van der Waals surface area contributed by atoms with E-state index >= 15 is 0 Å². The van der Waals surface area contributed by atoms with Gasteiger partial charge in [0, 0.05) is 25.4 Å². The van der Waals surface area contributed by atoms with Crippen LogP contribution in [0.2, 0.25) is 0 Å². The zero-order chi connectivity index (χ0) is 14.4. The number of nitrogens with zero attached hydrogens (tertiary/aromatic N) is 3. The predicted octanol–water partition coefficient (Wildman–Crippen LogP) is 0.535. The fraction of sp³-hybridized carbons (Fsp3) is 0.400. The zero-order valence-electron chi connectivity index (χ0n) is 9.90. The molecule has 1 aliphatic rings. The molecule has 0 radical (unpaired) electrons. The van der Waals surface area contributed by atoms with E-state index in [1.54, 1.807) is 0 Å². The van der Waals surface area contributed by atoms with E-state index in [0.29, 0.717) is 0 Å². The van der Waals surface area contributed by atoms with Crippen molar-refractivity contribution in [3.05, 3.63) is 30.2 Å². The molecule has 2 rings (SSSR count). The Balaban J connectivity index is 2.37. The molecule has 0 spiro atoms. The van der Waals surface area contributed by atoms with E-state index in [9.17, 15) is 23.1 Å². The molecule has 1 aliphatic heterocycles. The molecule has 1 fully saturated rings. The van der Waals surface area contributed by atoms with Gasteiger partial charge >= 0.3 is 6.18 Å². The Hall–Kier alpha value is -2.03.